The van der Waals surface area contributed by atoms with E-state index >= 15 is 0 Å². The summed E-state index contributed by atoms with van der Waals surface area (Å²) >= 11 is 3.51. The third kappa shape index (κ3) is 8.47. The lowest BCUT2D eigenvalue weighted by molar-refractivity contribution is -0.134. The molecule has 3 aliphatic rings. The maximum absolute atomic E-state index is 14.5. The Balaban J connectivity index is 1.14. The lowest BCUT2D eigenvalue weighted by Crippen LogP contribution is -2.61. The number of amides is 4. The van der Waals surface area contributed by atoms with Gasteiger partial charge in [-0.2, -0.15) is 0 Å². The van der Waals surface area contributed by atoms with Gasteiger partial charge in [-0.1, -0.05) is 78.2 Å². The van der Waals surface area contributed by atoms with E-state index in [9.17, 15) is 14.4 Å². The first kappa shape index (κ1) is 34.6. The van der Waals surface area contributed by atoms with Crippen LogP contribution in [0.25, 0.3) is 10.8 Å². The molecule has 3 aromatic carbocycles. The molecule has 48 heavy (non-hydrogen) atoms. The predicted octanol–water partition coefficient (Wildman–Crippen LogP) is 6.95. The number of fused-ring (bicyclic) bond motifs is 1. The molecular weight excluding hydrogens is 668 g/mol. The molecule has 2 heterocycles. The standard InChI is InChI=1S/C39H49BrN4O4/c1-38(18-21-43(22-19-38)27-30-14-23-48-24-15-30)28-41-37(47)44(20-13-29-7-3-2-4-8-29)36(46)39(16-5-6-17-39)42-35(45)33-10-9-32-26-34(40)12-11-31(32)25-33/h2-4,7-12,25-26,30H,5-6,13-24,27-28H2,1H3,(H,41,47)(H,42,45). The van der Waals surface area contributed by atoms with E-state index in [0.717, 1.165) is 92.2 Å². The van der Waals surface area contributed by atoms with Crippen molar-refractivity contribution in [3.8, 4) is 0 Å². The number of likely N-dealkylation sites (tertiary alicyclic amines) is 1. The van der Waals surface area contributed by atoms with E-state index in [1.165, 1.54) is 4.90 Å². The van der Waals surface area contributed by atoms with Crippen LogP contribution in [0, 0.1) is 11.3 Å². The molecular formula is C39H49BrN4O4. The van der Waals surface area contributed by atoms with Gasteiger partial charge in [-0.05, 0) is 110 Å². The molecule has 0 atom stereocenters. The van der Waals surface area contributed by atoms with Gasteiger partial charge in [0.25, 0.3) is 11.8 Å². The normalized spacial score (nSPS) is 19.5. The number of hydrogen-bond donors (Lipinski definition) is 2. The molecule has 3 aromatic rings. The molecule has 2 N–H and O–H groups in total. The number of imide groups is 1. The van der Waals surface area contributed by atoms with Crippen LogP contribution in [-0.2, 0) is 16.0 Å². The fraction of sp³-hybridized carbons (Fsp3) is 0.513. The van der Waals surface area contributed by atoms with E-state index in [2.05, 4.69) is 38.4 Å². The first-order chi connectivity index (χ1) is 23.2. The Morgan fingerprint density at radius 3 is 2.33 bits per heavy atom. The summed E-state index contributed by atoms with van der Waals surface area (Å²) in [4.78, 5) is 46.2. The molecule has 0 aromatic heterocycles. The zero-order chi connectivity index (χ0) is 33.6. The number of hydrogen-bond acceptors (Lipinski definition) is 5. The lowest BCUT2D eigenvalue weighted by atomic mass is 9.80. The number of nitrogens with one attached hydrogen (secondary N) is 2. The Morgan fingerprint density at radius 2 is 1.60 bits per heavy atom. The van der Waals surface area contributed by atoms with Crippen molar-refractivity contribution in [1.29, 1.82) is 0 Å². The summed E-state index contributed by atoms with van der Waals surface area (Å²) in [5.41, 5.74) is 0.389. The van der Waals surface area contributed by atoms with Crippen LogP contribution in [0.1, 0.15) is 74.2 Å². The minimum absolute atomic E-state index is 0.0408. The van der Waals surface area contributed by atoms with E-state index in [0.29, 0.717) is 37.3 Å². The molecule has 3 fully saturated rings. The van der Waals surface area contributed by atoms with Crippen molar-refractivity contribution in [2.75, 3.05) is 45.9 Å². The number of halogens is 1. The molecule has 6 rings (SSSR count). The highest BCUT2D eigenvalue weighted by atomic mass is 79.9. The number of urea groups is 1. The highest BCUT2D eigenvalue weighted by Crippen LogP contribution is 2.34. The summed E-state index contributed by atoms with van der Waals surface area (Å²) < 4.78 is 6.51. The third-order valence-corrected chi connectivity index (χ3v) is 11.3. The Kier molecular flexibility index (Phi) is 11.2. The second-order valence-corrected chi connectivity index (χ2v) is 15.4. The Bertz CT molecular complexity index is 1580. The van der Waals surface area contributed by atoms with Gasteiger partial charge in [-0.3, -0.25) is 14.5 Å². The van der Waals surface area contributed by atoms with Gasteiger partial charge in [-0.15, -0.1) is 0 Å². The van der Waals surface area contributed by atoms with Gasteiger partial charge in [0.15, 0.2) is 0 Å². The van der Waals surface area contributed by atoms with Crippen LogP contribution >= 0.6 is 15.9 Å². The molecule has 0 bridgehead atoms. The average Bonchev–Trinajstić information content (AvgIpc) is 3.59. The van der Waals surface area contributed by atoms with E-state index in [1.54, 1.807) is 6.07 Å². The van der Waals surface area contributed by atoms with Crippen molar-refractivity contribution in [3.05, 3.63) is 82.3 Å². The van der Waals surface area contributed by atoms with Crippen LogP contribution in [0.3, 0.4) is 0 Å². The Labute approximate surface area is 293 Å². The summed E-state index contributed by atoms with van der Waals surface area (Å²) in [6, 6.07) is 21.1. The molecule has 1 aliphatic carbocycles. The predicted molar refractivity (Wildman–Crippen MR) is 193 cm³/mol. The molecule has 1 saturated carbocycles. The fourth-order valence-corrected chi connectivity index (χ4v) is 7.97. The van der Waals surface area contributed by atoms with Crippen LogP contribution in [0.15, 0.2) is 71.2 Å². The second kappa shape index (κ2) is 15.5. The summed E-state index contributed by atoms with van der Waals surface area (Å²) in [7, 11) is 0. The average molecular weight is 718 g/mol. The van der Waals surface area contributed by atoms with Crippen molar-refractivity contribution in [1.82, 2.24) is 20.4 Å². The monoisotopic (exact) mass is 716 g/mol. The zero-order valence-electron chi connectivity index (χ0n) is 28.1. The van der Waals surface area contributed by atoms with Crippen molar-refractivity contribution >= 4 is 44.5 Å². The number of ether oxygens (including phenoxy) is 1. The van der Waals surface area contributed by atoms with E-state index in [4.69, 9.17) is 4.74 Å². The van der Waals surface area contributed by atoms with Gasteiger partial charge >= 0.3 is 6.03 Å². The molecule has 2 aliphatic heterocycles. The maximum Gasteiger partial charge on any atom is 0.324 e. The summed E-state index contributed by atoms with van der Waals surface area (Å²) in [6.07, 6.45) is 7.46. The molecule has 9 heteroatoms. The van der Waals surface area contributed by atoms with E-state index < -0.39 is 5.54 Å². The molecule has 256 valence electrons. The molecule has 8 nitrogen and oxygen atoms in total. The van der Waals surface area contributed by atoms with Crippen molar-refractivity contribution < 1.29 is 19.1 Å². The van der Waals surface area contributed by atoms with E-state index in [1.807, 2.05) is 60.7 Å². The SMILES string of the molecule is CC1(CNC(=O)N(CCc2ccccc2)C(=O)C2(NC(=O)c3ccc4cc(Br)ccc4c3)CCCC2)CCN(CC2CCOCC2)CC1. The Morgan fingerprint density at radius 1 is 0.917 bits per heavy atom. The van der Waals surface area contributed by atoms with Crippen LogP contribution < -0.4 is 10.6 Å². The van der Waals surface area contributed by atoms with Crippen LogP contribution in [0.4, 0.5) is 4.79 Å². The number of nitrogens with zero attached hydrogens (tertiary/aromatic N) is 2. The summed E-state index contributed by atoms with van der Waals surface area (Å²) in [6.45, 7) is 7.89. The summed E-state index contributed by atoms with van der Waals surface area (Å²) in [5.74, 6) is 0.0977. The smallest absolute Gasteiger partial charge is 0.324 e. The van der Waals surface area contributed by atoms with Gasteiger partial charge in [0.1, 0.15) is 5.54 Å². The van der Waals surface area contributed by atoms with Crippen LogP contribution in [0.2, 0.25) is 0 Å². The molecule has 0 unspecified atom stereocenters. The first-order valence-electron chi connectivity index (χ1n) is 17.7. The topological polar surface area (TPSA) is 91.0 Å². The van der Waals surface area contributed by atoms with Crippen LogP contribution in [-0.4, -0.2) is 79.1 Å². The van der Waals surface area contributed by atoms with Gasteiger partial charge in [0.2, 0.25) is 0 Å². The zero-order valence-corrected chi connectivity index (χ0v) is 29.7. The molecule has 2 saturated heterocycles. The number of rotatable bonds is 10. The first-order valence-corrected chi connectivity index (χ1v) is 18.5. The van der Waals surface area contributed by atoms with Crippen molar-refractivity contribution in [2.24, 2.45) is 11.3 Å². The highest BCUT2D eigenvalue weighted by Gasteiger charge is 2.46. The van der Waals surface area contributed by atoms with Gasteiger partial charge < -0.3 is 20.3 Å². The van der Waals surface area contributed by atoms with Gasteiger partial charge in [0.05, 0.1) is 0 Å². The minimum Gasteiger partial charge on any atom is -0.381 e. The van der Waals surface area contributed by atoms with Crippen molar-refractivity contribution in [2.45, 2.75) is 70.3 Å². The number of carbonyl (C=O) groups is 3. The van der Waals surface area contributed by atoms with Gasteiger partial charge in [-0.25, -0.2) is 4.79 Å². The Hall–Kier alpha value is -3.27. The second-order valence-electron chi connectivity index (χ2n) is 14.5. The number of piperidine rings is 1. The molecule has 0 spiro atoms. The number of carbonyl (C=O) groups excluding carboxylic acids is 3. The van der Waals surface area contributed by atoms with Gasteiger partial charge in [0, 0.05) is 42.9 Å². The third-order valence-electron chi connectivity index (χ3n) is 10.8. The van der Waals surface area contributed by atoms with Crippen molar-refractivity contribution in [3.63, 3.8) is 0 Å². The molecule has 0 radical (unpaired) electrons. The maximum atomic E-state index is 14.5. The summed E-state index contributed by atoms with van der Waals surface area (Å²) in [5, 5.41) is 8.28. The van der Waals surface area contributed by atoms with E-state index in [-0.39, 0.29) is 29.8 Å². The molecule has 4 amide bonds. The fourth-order valence-electron chi connectivity index (χ4n) is 7.59. The lowest BCUT2D eigenvalue weighted by Gasteiger charge is -2.41. The number of benzene rings is 3. The minimum atomic E-state index is -1.13. The highest BCUT2D eigenvalue weighted by molar-refractivity contribution is 9.10. The van der Waals surface area contributed by atoms with Crippen LogP contribution in [0.5, 0.6) is 0 Å². The quantitative estimate of drug-likeness (QED) is 0.237. The largest absolute Gasteiger partial charge is 0.381 e.